The molecule has 1 fully saturated rings. The Morgan fingerprint density at radius 1 is 1.18 bits per heavy atom. The van der Waals surface area contributed by atoms with E-state index in [0.29, 0.717) is 18.7 Å². The van der Waals surface area contributed by atoms with Gasteiger partial charge in [0.25, 0.3) is 5.92 Å². The van der Waals surface area contributed by atoms with Gasteiger partial charge in [-0.15, -0.1) is 0 Å². The quantitative estimate of drug-likeness (QED) is 0.374. The molecule has 1 aliphatic rings. The molecular weight excluding hydrogens is 510 g/mol. The molecule has 1 saturated carbocycles. The van der Waals surface area contributed by atoms with Gasteiger partial charge in [-0.1, -0.05) is 46.3 Å². The summed E-state index contributed by atoms with van der Waals surface area (Å²) in [6, 6.07) is 14.3. The van der Waals surface area contributed by atoms with E-state index in [4.69, 9.17) is 4.74 Å². The Labute approximate surface area is 206 Å². The summed E-state index contributed by atoms with van der Waals surface area (Å²) in [5.41, 5.74) is -0.00469. The van der Waals surface area contributed by atoms with Gasteiger partial charge in [-0.05, 0) is 55.5 Å². The molecule has 0 radical (unpaired) electrons. The molecule has 1 atom stereocenters. The van der Waals surface area contributed by atoms with Crippen molar-refractivity contribution < 1.29 is 28.2 Å². The first-order chi connectivity index (χ1) is 16.0. The van der Waals surface area contributed by atoms with Gasteiger partial charge in [-0.25, -0.2) is 18.4 Å². The van der Waals surface area contributed by atoms with Crippen molar-refractivity contribution in [2.75, 3.05) is 13.7 Å². The van der Waals surface area contributed by atoms with Crippen LogP contribution in [-0.4, -0.2) is 47.1 Å². The Hall–Kier alpha value is -2.68. The summed E-state index contributed by atoms with van der Waals surface area (Å²) < 4.78 is 33.2. The lowest BCUT2D eigenvalue weighted by molar-refractivity contribution is -0.175. The van der Waals surface area contributed by atoms with Crippen LogP contribution in [0.1, 0.15) is 49.8 Å². The number of hydrogen-bond donors (Lipinski definition) is 2. The van der Waals surface area contributed by atoms with Crippen LogP contribution in [0, 0.1) is 0 Å². The number of aliphatic carboxylic acids is 1. The molecule has 0 spiro atoms. The van der Waals surface area contributed by atoms with Crippen molar-refractivity contribution >= 4 is 27.9 Å². The molecule has 1 aliphatic carbocycles. The predicted octanol–water partition coefficient (Wildman–Crippen LogP) is 5.81. The number of carbonyl (C=O) groups excluding carboxylic acids is 1. The van der Waals surface area contributed by atoms with E-state index < -0.39 is 42.3 Å². The van der Waals surface area contributed by atoms with Crippen molar-refractivity contribution in [3.8, 4) is 5.75 Å². The highest BCUT2D eigenvalue weighted by Crippen LogP contribution is 2.46. The van der Waals surface area contributed by atoms with Crippen LogP contribution in [0.5, 0.6) is 5.75 Å². The van der Waals surface area contributed by atoms with Gasteiger partial charge in [0.15, 0.2) is 5.54 Å². The Balaban J connectivity index is 1.77. The number of amides is 2. The SMILES string of the molecule is COc1cc(Br)cc(C(C)N(CCCCc2ccccc2)C(=O)NC2(C(=O)O)CC(F)(F)C2)c1. The largest absolute Gasteiger partial charge is 0.497 e. The molecular formula is C25H29BrF2N2O4. The van der Waals surface area contributed by atoms with Crippen molar-refractivity contribution in [3.05, 3.63) is 64.1 Å². The molecule has 2 amide bonds. The Morgan fingerprint density at radius 2 is 1.85 bits per heavy atom. The maximum absolute atomic E-state index is 13.6. The maximum atomic E-state index is 13.6. The second kappa shape index (κ2) is 10.7. The van der Waals surface area contributed by atoms with Crippen LogP contribution >= 0.6 is 15.9 Å². The zero-order valence-corrected chi connectivity index (χ0v) is 20.8. The summed E-state index contributed by atoms with van der Waals surface area (Å²) in [5.74, 6) is -3.95. The third-order valence-electron chi connectivity index (χ3n) is 6.17. The third kappa shape index (κ3) is 6.25. The average Bonchev–Trinajstić information content (AvgIpc) is 2.77. The van der Waals surface area contributed by atoms with Crippen molar-refractivity contribution in [2.45, 2.75) is 56.5 Å². The Kier molecular flexibility index (Phi) is 8.17. The van der Waals surface area contributed by atoms with E-state index in [0.717, 1.165) is 22.9 Å². The lowest BCUT2D eigenvalue weighted by atomic mass is 9.73. The third-order valence-corrected chi connectivity index (χ3v) is 6.63. The molecule has 2 N–H and O–H groups in total. The molecule has 0 aliphatic heterocycles. The number of carbonyl (C=O) groups is 2. The molecule has 0 bridgehead atoms. The number of unbranched alkanes of at least 4 members (excludes halogenated alkanes) is 1. The smallest absolute Gasteiger partial charge is 0.329 e. The maximum Gasteiger partial charge on any atom is 0.329 e. The molecule has 2 aromatic rings. The van der Waals surface area contributed by atoms with Crippen LogP contribution in [0.25, 0.3) is 0 Å². The number of benzene rings is 2. The van der Waals surface area contributed by atoms with Crippen molar-refractivity contribution in [1.29, 1.82) is 0 Å². The van der Waals surface area contributed by atoms with E-state index in [2.05, 4.69) is 21.2 Å². The van der Waals surface area contributed by atoms with Crippen LogP contribution in [-0.2, 0) is 11.2 Å². The summed E-state index contributed by atoms with van der Waals surface area (Å²) in [4.78, 5) is 26.5. The first-order valence-electron chi connectivity index (χ1n) is 11.1. The second-order valence-electron chi connectivity index (χ2n) is 8.76. The fourth-order valence-corrected chi connectivity index (χ4v) is 4.74. The van der Waals surface area contributed by atoms with Gasteiger partial charge in [0.2, 0.25) is 0 Å². The number of hydrogen-bond acceptors (Lipinski definition) is 3. The number of methoxy groups -OCH3 is 1. The van der Waals surface area contributed by atoms with Gasteiger partial charge in [-0.3, -0.25) is 0 Å². The highest BCUT2D eigenvalue weighted by atomic mass is 79.9. The van der Waals surface area contributed by atoms with E-state index >= 15 is 0 Å². The monoisotopic (exact) mass is 538 g/mol. The number of alkyl halides is 2. The molecule has 3 rings (SSSR count). The molecule has 0 heterocycles. The van der Waals surface area contributed by atoms with Crippen LogP contribution in [0.15, 0.2) is 53.0 Å². The number of rotatable bonds is 10. The minimum Gasteiger partial charge on any atom is -0.497 e. The molecule has 9 heteroatoms. The summed E-state index contributed by atoms with van der Waals surface area (Å²) in [7, 11) is 1.54. The van der Waals surface area contributed by atoms with E-state index in [1.54, 1.807) is 12.1 Å². The van der Waals surface area contributed by atoms with E-state index in [1.165, 1.54) is 17.6 Å². The minimum absolute atomic E-state index is 0.334. The zero-order chi connectivity index (χ0) is 24.9. The van der Waals surface area contributed by atoms with Crippen molar-refractivity contribution in [3.63, 3.8) is 0 Å². The van der Waals surface area contributed by atoms with Gasteiger partial charge >= 0.3 is 12.0 Å². The lowest BCUT2D eigenvalue weighted by Crippen LogP contribution is -2.68. The fraction of sp³-hybridized carbons (Fsp3) is 0.440. The summed E-state index contributed by atoms with van der Waals surface area (Å²) in [5, 5.41) is 12.0. The van der Waals surface area contributed by atoms with Crippen molar-refractivity contribution in [1.82, 2.24) is 10.2 Å². The normalized spacial score (nSPS) is 16.7. The Bertz CT molecular complexity index is 1010. The summed E-state index contributed by atoms with van der Waals surface area (Å²) >= 11 is 3.44. The van der Waals surface area contributed by atoms with Crippen LogP contribution in [0.4, 0.5) is 13.6 Å². The van der Waals surface area contributed by atoms with Gasteiger partial charge in [0, 0.05) is 23.9 Å². The van der Waals surface area contributed by atoms with Crippen LogP contribution in [0.3, 0.4) is 0 Å². The molecule has 2 aromatic carbocycles. The average molecular weight is 539 g/mol. The summed E-state index contributed by atoms with van der Waals surface area (Å²) in [6.07, 6.45) is 0.475. The van der Waals surface area contributed by atoms with Gasteiger partial charge in [0.05, 0.1) is 13.2 Å². The Morgan fingerprint density at radius 3 is 2.44 bits per heavy atom. The number of urea groups is 1. The molecule has 184 valence electrons. The summed E-state index contributed by atoms with van der Waals surface area (Å²) in [6.45, 7) is 2.15. The predicted molar refractivity (Wildman–Crippen MR) is 128 cm³/mol. The van der Waals surface area contributed by atoms with Crippen LogP contribution in [0.2, 0.25) is 0 Å². The molecule has 6 nitrogen and oxygen atoms in total. The van der Waals surface area contributed by atoms with Gasteiger partial charge in [-0.2, -0.15) is 0 Å². The second-order valence-corrected chi connectivity index (χ2v) is 9.68. The minimum atomic E-state index is -3.10. The number of carboxylic acids is 1. The fourth-order valence-electron chi connectivity index (χ4n) is 4.25. The highest BCUT2D eigenvalue weighted by Gasteiger charge is 2.62. The number of nitrogens with one attached hydrogen (secondary N) is 1. The van der Waals surface area contributed by atoms with E-state index in [-0.39, 0.29) is 0 Å². The topological polar surface area (TPSA) is 78.9 Å². The molecule has 34 heavy (non-hydrogen) atoms. The molecule has 1 unspecified atom stereocenters. The first-order valence-corrected chi connectivity index (χ1v) is 11.9. The van der Waals surface area contributed by atoms with Crippen LogP contribution < -0.4 is 10.1 Å². The van der Waals surface area contributed by atoms with E-state index in [9.17, 15) is 23.5 Å². The van der Waals surface area contributed by atoms with Crippen molar-refractivity contribution in [2.24, 2.45) is 0 Å². The first kappa shape index (κ1) is 25.9. The number of aryl methyl sites for hydroxylation is 1. The number of halogens is 3. The molecule has 0 aromatic heterocycles. The van der Waals surface area contributed by atoms with Gasteiger partial charge in [0.1, 0.15) is 5.75 Å². The molecule has 0 saturated heterocycles. The lowest BCUT2D eigenvalue weighted by Gasteiger charge is -2.45. The standard InChI is InChI=1S/C25H29BrF2N2O4/c1-17(19-12-20(26)14-21(13-19)34-2)30(11-7-6-10-18-8-4-3-5-9-18)23(33)29-24(22(31)32)15-25(27,28)16-24/h3-5,8-9,12-14,17H,6-7,10-11,15-16H2,1-2H3,(H,29,33)(H,31,32). The number of ether oxygens (including phenoxy) is 1. The highest BCUT2D eigenvalue weighted by molar-refractivity contribution is 9.10. The van der Waals surface area contributed by atoms with E-state index in [1.807, 2.05) is 43.3 Å². The zero-order valence-electron chi connectivity index (χ0n) is 19.2. The number of carboxylic acid groups (broad SMARTS) is 1. The van der Waals surface area contributed by atoms with Gasteiger partial charge < -0.3 is 20.1 Å². The number of nitrogens with zero attached hydrogens (tertiary/aromatic N) is 1.